The molecule has 4 amide bonds. The van der Waals surface area contributed by atoms with Gasteiger partial charge in [-0.25, -0.2) is 4.79 Å². The molecule has 1 saturated carbocycles. The van der Waals surface area contributed by atoms with Gasteiger partial charge in [0.15, 0.2) is 5.78 Å². The molecule has 7 heteroatoms. The number of para-hydroxylation sites is 1. The lowest BCUT2D eigenvalue weighted by Crippen LogP contribution is -2.49. The monoisotopic (exact) mass is 371 g/mol. The minimum Gasteiger partial charge on any atom is -0.324 e. The quantitative estimate of drug-likeness (QED) is 0.614. The summed E-state index contributed by atoms with van der Waals surface area (Å²) in [6.07, 6.45) is 4.09. The van der Waals surface area contributed by atoms with Crippen molar-refractivity contribution < 1.29 is 19.2 Å². The third-order valence-electron chi connectivity index (χ3n) is 5.66. The van der Waals surface area contributed by atoms with Gasteiger partial charge < -0.3 is 10.6 Å². The van der Waals surface area contributed by atoms with Crippen molar-refractivity contribution in [2.75, 3.05) is 11.9 Å². The molecule has 3 rings (SSSR count). The predicted molar refractivity (Wildman–Crippen MR) is 100 cm³/mol. The van der Waals surface area contributed by atoms with Crippen LogP contribution in [-0.4, -0.2) is 40.6 Å². The van der Waals surface area contributed by atoms with E-state index < -0.39 is 17.5 Å². The Morgan fingerprint density at radius 2 is 1.89 bits per heavy atom. The van der Waals surface area contributed by atoms with Gasteiger partial charge in [-0.15, -0.1) is 0 Å². The van der Waals surface area contributed by atoms with Gasteiger partial charge in [0, 0.05) is 5.56 Å². The van der Waals surface area contributed by atoms with Crippen LogP contribution in [0.3, 0.4) is 0 Å². The highest BCUT2D eigenvalue weighted by Crippen LogP contribution is 2.37. The minimum atomic E-state index is -0.861. The van der Waals surface area contributed by atoms with Crippen molar-refractivity contribution in [2.24, 2.45) is 5.92 Å². The molecule has 1 aliphatic carbocycles. The Morgan fingerprint density at radius 1 is 1.22 bits per heavy atom. The number of Topliss-reactive ketones (excluding diaryl/α,β-unsaturated/α-hetero) is 1. The third-order valence-corrected chi connectivity index (χ3v) is 5.66. The lowest BCUT2D eigenvalue weighted by Gasteiger charge is -2.34. The number of carbonyl (C=O) groups is 4. The molecule has 0 unspecified atom stereocenters. The van der Waals surface area contributed by atoms with Crippen molar-refractivity contribution in [3.8, 4) is 0 Å². The fourth-order valence-corrected chi connectivity index (χ4v) is 3.97. The van der Waals surface area contributed by atoms with Gasteiger partial charge >= 0.3 is 6.03 Å². The Kier molecular flexibility index (Phi) is 5.30. The van der Waals surface area contributed by atoms with E-state index in [0.29, 0.717) is 30.0 Å². The number of hydrogen-bond donors (Lipinski definition) is 2. The summed E-state index contributed by atoms with van der Waals surface area (Å²) in [5.74, 6) is -0.420. The van der Waals surface area contributed by atoms with Gasteiger partial charge in [0.25, 0.3) is 5.91 Å². The highest BCUT2D eigenvalue weighted by Gasteiger charge is 2.52. The molecule has 7 nitrogen and oxygen atoms in total. The van der Waals surface area contributed by atoms with E-state index in [1.54, 1.807) is 24.3 Å². The van der Waals surface area contributed by atoms with E-state index in [9.17, 15) is 19.2 Å². The Hall–Kier alpha value is -2.70. The molecule has 1 saturated heterocycles. The lowest BCUT2D eigenvalue weighted by atomic mass is 9.75. The fraction of sp³-hybridized carbons (Fsp3) is 0.500. The van der Waals surface area contributed by atoms with Gasteiger partial charge in [-0.1, -0.05) is 25.5 Å². The summed E-state index contributed by atoms with van der Waals surface area (Å²) in [7, 11) is 0. The smallest absolute Gasteiger partial charge is 0.324 e. The molecule has 2 aliphatic rings. The van der Waals surface area contributed by atoms with Crippen LogP contribution in [0.25, 0.3) is 0 Å². The molecule has 2 fully saturated rings. The topological polar surface area (TPSA) is 95.6 Å². The fourth-order valence-electron chi connectivity index (χ4n) is 3.97. The number of imide groups is 1. The molecule has 1 aromatic carbocycles. The first-order chi connectivity index (χ1) is 12.9. The van der Waals surface area contributed by atoms with Crippen LogP contribution in [0.15, 0.2) is 24.3 Å². The first kappa shape index (κ1) is 19.1. The molecule has 0 aromatic heterocycles. The van der Waals surface area contributed by atoms with Crippen molar-refractivity contribution in [2.45, 2.75) is 51.5 Å². The number of benzene rings is 1. The zero-order chi connectivity index (χ0) is 19.6. The first-order valence-electron chi connectivity index (χ1n) is 9.40. The number of nitrogens with one attached hydrogen (secondary N) is 2. The van der Waals surface area contributed by atoms with Gasteiger partial charge in [-0.2, -0.15) is 0 Å². The third kappa shape index (κ3) is 3.72. The van der Waals surface area contributed by atoms with E-state index in [4.69, 9.17) is 0 Å². The van der Waals surface area contributed by atoms with Crippen molar-refractivity contribution in [3.05, 3.63) is 29.8 Å². The summed E-state index contributed by atoms with van der Waals surface area (Å²) in [4.78, 5) is 50.3. The number of hydrogen-bond acceptors (Lipinski definition) is 4. The maximum absolute atomic E-state index is 12.9. The highest BCUT2D eigenvalue weighted by atomic mass is 16.2. The van der Waals surface area contributed by atoms with E-state index in [-0.39, 0.29) is 18.2 Å². The predicted octanol–water partition coefficient (Wildman–Crippen LogP) is 2.72. The molecule has 144 valence electrons. The average molecular weight is 371 g/mol. The number of nitrogens with zero attached hydrogens (tertiary/aromatic N) is 1. The normalized spacial score (nSPS) is 24.8. The Bertz CT molecular complexity index is 781. The molecule has 0 bridgehead atoms. The van der Waals surface area contributed by atoms with Crippen LogP contribution in [0.2, 0.25) is 0 Å². The van der Waals surface area contributed by atoms with Crippen LogP contribution in [0.4, 0.5) is 10.5 Å². The molecule has 1 aromatic rings. The summed E-state index contributed by atoms with van der Waals surface area (Å²) >= 11 is 0. The Balaban J connectivity index is 1.67. The van der Waals surface area contributed by atoms with Crippen LogP contribution in [0, 0.1) is 5.92 Å². The van der Waals surface area contributed by atoms with Crippen molar-refractivity contribution in [1.82, 2.24) is 10.2 Å². The number of anilines is 1. The van der Waals surface area contributed by atoms with E-state index in [0.717, 1.165) is 24.2 Å². The second kappa shape index (κ2) is 7.50. The van der Waals surface area contributed by atoms with Crippen LogP contribution in [-0.2, 0) is 9.59 Å². The van der Waals surface area contributed by atoms with Crippen molar-refractivity contribution >= 4 is 29.3 Å². The van der Waals surface area contributed by atoms with Gasteiger partial charge in [-0.05, 0) is 50.7 Å². The first-order valence-corrected chi connectivity index (χ1v) is 9.40. The van der Waals surface area contributed by atoms with Crippen LogP contribution >= 0.6 is 0 Å². The number of ketones is 1. The van der Waals surface area contributed by atoms with Gasteiger partial charge in [0.05, 0.1) is 5.69 Å². The van der Waals surface area contributed by atoms with Gasteiger partial charge in [-0.3, -0.25) is 19.3 Å². The molecule has 1 heterocycles. The van der Waals surface area contributed by atoms with Crippen LogP contribution in [0.5, 0.6) is 0 Å². The largest absolute Gasteiger partial charge is 0.325 e. The molecular weight excluding hydrogens is 346 g/mol. The standard InChI is InChI=1S/C20H25N3O4/c1-3-14-8-10-20(11-9-14)18(26)23(19(27)22-20)12-17(25)21-16-7-5-4-6-15(16)13(2)24/h4-7,14H,3,8-12H2,1-2H3,(H,21,25)(H,22,27). The highest BCUT2D eigenvalue weighted by molar-refractivity contribution is 6.11. The summed E-state index contributed by atoms with van der Waals surface area (Å²) in [6.45, 7) is 3.18. The molecule has 2 N–H and O–H groups in total. The SMILES string of the molecule is CCC1CCC2(CC1)NC(=O)N(CC(=O)Nc1ccccc1C(C)=O)C2=O. The number of amides is 4. The second-order valence-corrected chi connectivity index (χ2v) is 7.41. The number of carbonyl (C=O) groups excluding carboxylic acids is 4. The lowest BCUT2D eigenvalue weighted by molar-refractivity contribution is -0.135. The van der Waals surface area contributed by atoms with Crippen LogP contribution in [0.1, 0.15) is 56.3 Å². The van der Waals surface area contributed by atoms with E-state index >= 15 is 0 Å². The van der Waals surface area contributed by atoms with Crippen molar-refractivity contribution in [3.63, 3.8) is 0 Å². The molecular formula is C20H25N3O4. The van der Waals surface area contributed by atoms with Crippen LogP contribution < -0.4 is 10.6 Å². The number of rotatable bonds is 5. The van der Waals surface area contributed by atoms with Gasteiger partial charge in [0.2, 0.25) is 5.91 Å². The summed E-state index contributed by atoms with van der Waals surface area (Å²) in [5.41, 5.74) is -0.0991. The molecule has 1 spiro atoms. The zero-order valence-electron chi connectivity index (χ0n) is 15.7. The molecule has 0 radical (unpaired) electrons. The average Bonchev–Trinajstić information content (AvgIpc) is 2.87. The van der Waals surface area contributed by atoms with E-state index in [2.05, 4.69) is 17.6 Å². The number of urea groups is 1. The summed E-state index contributed by atoms with van der Waals surface area (Å²) < 4.78 is 0. The minimum absolute atomic E-state index is 0.174. The maximum Gasteiger partial charge on any atom is 0.325 e. The van der Waals surface area contributed by atoms with Gasteiger partial charge in [0.1, 0.15) is 12.1 Å². The van der Waals surface area contributed by atoms with E-state index in [1.165, 1.54) is 6.92 Å². The molecule has 0 atom stereocenters. The summed E-state index contributed by atoms with van der Waals surface area (Å²) in [6, 6.07) is 6.13. The second-order valence-electron chi connectivity index (χ2n) is 7.41. The van der Waals surface area contributed by atoms with E-state index in [1.807, 2.05) is 0 Å². The molecule has 27 heavy (non-hydrogen) atoms. The Labute approximate surface area is 158 Å². The summed E-state index contributed by atoms with van der Waals surface area (Å²) in [5, 5.41) is 5.45. The Morgan fingerprint density at radius 3 is 2.52 bits per heavy atom. The zero-order valence-corrected chi connectivity index (χ0v) is 15.7. The molecule has 1 aliphatic heterocycles. The van der Waals surface area contributed by atoms with Crippen molar-refractivity contribution in [1.29, 1.82) is 0 Å². The maximum atomic E-state index is 12.9.